The number of aryl methyl sites for hydroxylation is 1. The van der Waals surface area contributed by atoms with Crippen LogP contribution < -0.4 is 15.4 Å². The van der Waals surface area contributed by atoms with E-state index >= 15 is 0 Å². The summed E-state index contributed by atoms with van der Waals surface area (Å²) in [6.45, 7) is 5.21. The predicted molar refractivity (Wildman–Crippen MR) is 117 cm³/mol. The Hall–Kier alpha value is -1.23. The number of halogens is 4. The van der Waals surface area contributed by atoms with E-state index in [1.807, 2.05) is 26.0 Å². The van der Waals surface area contributed by atoms with Gasteiger partial charge in [0.2, 0.25) is 0 Å². The van der Waals surface area contributed by atoms with Gasteiger partial charge in [-0.2, -0.15) is 13.2 Å². The first-order valence-electron chi connectivity index (χ1n) is 9.28. The number of nitrogens with one attached hydrogen (secondary N) is 2. The average molecular weight is 514 g/mol. The summed E-state index contributed by atoms with van der Waals surface area (Å²) >= 11 is 0. The van der Waals surface area contributed by atoms with Crippen LogP contribution in [0.15, 0.2) is 23.2 Å². The number of hydrogen-bond acceptors (Lipinski definition) is 3. The normalized spacial score (nSPS) is 17.9. The molecule has 0 bridgehead atoms. The molecule has 160 valence electrons. The third-order valence-electron chi connectivity index (χ3n) is 4.45. The highest BCUT2D eigenvalue weighted by atomic mass is 127. The third kappa shape index (κ3) is 8.42. The standard InChI is InChI=1S/C19H29F3N4O.HI/c1-4-23-18(25-16-8-10-26(12-16)13-19(20,21)22)24-9-7-15-11-14(2)5-6-17(15)27-3;/h5-6,11,16H,4,7-10,12-13H2,1-3H3,(H2,23,24,25);1H. The molecule has 1 heterocycles. The van der Waals surface area contributed by atoms with E-state index in [1.54, 1.807) is 7.11 Å². The third-order valence-corrected chi connectivity index (χ3v) is 4.45. The van der Waals surface area contributed by atoms with Crippen LogP contribution in [-0.4, -0.2) is 62.9 Å². The first kappa shape index (κ1) is 24.8. The van der Waals surface area contributed by atoms with Crippen LogP contribution in [0.3, 0.4) is 0 Å². The topological polar surface area (TPSA) is 48.9 Å². The van der Waals surface area contributed by atoms with Gasteiger partial charge in [-0.15, -0.1) is 24.0 Å². The fourth-order valence-corrected chi connectivity index (χ4v) is 3.25. The molecule has 2 rings (SSSR count). The van der Waals surface area contributed by atoms with Crippen molar-refractivity contribution in [3.05, 3.63) is 29.3 Å². The van der Waals surface area contributed by atoms with Gasteiger partial charge in [-0.1, -0.05) is 17.7 Å². The second kappa shape index (κ2) is 11.7. The largest absolute Gasteiger partial charge is 0.496 e. The van der Waals surface area contributed by atoms with Crippen molar-refractivity contribution in [2.75, 3.05) is 39.8 Å². The van der Waals surface area contributed by atoms with Crippen molar-refractivity contribution in [3.8, 4) is 5.75 Å². The van der Waals surface area contributed by atoms with Gasteiger partial charge in [0.15, 0.2) is 5.96 Å². The summed E-state index contributed by atoms with van der Waals surface area (Å²) in [5.41, 5.74) is 2.25. The Balaban J connectivity index is 0.00000392. The predicted octanol–water partition coefficient (Wildman–Crippen LogP) is 3.36. The van der Waals surface area contributed by atoms with Gasteiger partial charge in [0.05, 0.1) is 13.7 Å². The number of alkyl halides is 3. The molecule has 1 aromatic rings. The number of nitrogens with zero attached hydrogens (tertiary/aromatic N) is 2. The second-order valence-corrected chi connectivity index (χ2v) is 6.81. The SMILES string of the molecule is CCNC(=NCCc1cc(C)ccc1OC)NC1CCN(CC(F)(F)F)C1.I. The molecule has 9 heteroatoms. The van der Waals surface area contributed by atoms with Crippen molar-refractivity contribution in [1.29, 1.82) is 0 Å². The van der Waals surface area contributed by atoms with Crippen LogP contribution in [0.25, 0.3) is 0 Å². The minimum Gasteiger partial charge on any atom is -0.496 e. The molecule has 0 amide bonds. The first-order valence-corrected chi connectivity index (χ1v) is 9.28. The summed E-state index contributed by atoms with van der Waals surface area (Å²) in [4.78, 5) is 6.00. The monoisotopic (exact) mass is 514 g/mol. The highest BCUT2D eigenvalue weighted by Gasteiger charge is 2.34. The van der Waals surface area contributed by atoms with Crippen molar-refractivity contribution in [2.24, 2.45) is 4.99 Å². The molecule has 5 nitrogen and oxygen atoms in total. The lowest BCUT2D eigenvalue weighted by Crippen LogP contribution is -2.45. The maximum absolute atomic E-state index is 12.5. The molecule has 0 aliphatic carbocycles. The molecule has 0 aromatic heterocycles. The Kier molecular flexibility index (Phi) is 10.4. The van der Waals surface area contributed by atoms with Gasteiger partial charge in [0, 0.05) is 32.2 Å². The lowest BCUT2D eigenvalue weighted by molar-refractivity contribution is -0.143. The molecular formula is C19H30F3IN4O. The summed E-state index contributed by atoms with van der Waals surface area (Å²) < 4.78 is 43.0. The van der Waals surface area contributed by atoms with E-state index in [2.05, 4.69) is 21.7 Å². The lowest BCUT2D eigenvalue weighted by Gasteiger charge is -2.19. The number of aliphatic imine (C=N–C) groups is 1. The number of hydrogen-bond donors (Lipinski definition) is 2. The van der Waals surface area contributed by atoms with Crippen molar-refractivity contribution in [2.45, 2.75) is 38.9 Å². The highest BCUT2D eigenvalue weighted by molar-refractivity contribution is 14.0. The minimum absolute atomic E-state index is 0. The first-order chi connectivity index (χ1) is 12.8. The van der Waals surface area contributed by atoms with E-state index < -0.39 is 12.7 Å². The van der Waals surface area contributed by atoms with Crippen LogP contribution in [0.4, 0.5) is 13.2 Å². The maximum atomic E-state index is 12.5. The second-order valence-electron chi connectivity index (χ2n) is 6.81. The molecule has 1 unspecified atom stereocenters. The maximum Gasteiger partial charge on any atom is 0.401 e. The number of likely N-dealkylation sites (tertiary alicyclic amines) is 1. The summed E-state index contributed by atoms with van der Waals surface area (Å²) in [6, 6.07) is 6.01. The summed E-state index contributed by atoms with van der Waals surface area (Å²) in [5.74, 6) is 1.48. The Morgan fingerprint density at radius 3 is 2.75 bits per heavy atom. The van der Waals surface area contributed by atoms with E-state index in [0.717, 1.165) is 23.3 Å². The number of ether oxygens (including phenoxy) is 1. The average Bonchev–Trinajstić information content (AvgIpc) is 3.00. The van der Waals surface area contributed by atoms with Crippen LogP contribution in [0.5, 0.6) is 5.75 Å². The van der Waals surface area contributed by atoms with Crippen LogP contribution >= 0.6 is 24.0 Å². The Bertz CT molecular complexity index is 640. The molecule has 1 aromatic carbocycles. The molecule has 0 saturated carbocycles. The zero-order valence-corrected chi connectivity index (χ0v) is 18.9. The fraction of sp³-hybridized carbons (Fsp3) is 0.632. The Labute approximate surface area is 182 Å². The van der Waals surface area contributed by atoms with E-state index in [9.17, 15) is 13.2 Å². The van der Waals surface area contributed by atoms with Gasteiger partial charge in [-0.3, -0.25) is 9.89 Å². The number of benzene rings is 1. The fourth-order valence-electron chi connectivity index (χ4n) is 3.25. The molecule has 28 heavy (non-hydrogen) atoms. The summed E-state index contributed by atoms with van der Waals surface area (Å²) in [6.07, 6.45) is -2.75. The van der Waals surface area contributed by atoms with E-state index in [-0.39, 0.29) is 30.0 Å². The molecule has 1 aliphatic heterocycles. The van der Waals surface area contributed by atoms with Crippen LogP contribution in [-0.2, 0) is 6.42 Å². The molecule has 1 aliphatic rings. The summed E-state index contributed by atoms with van der Waals surface area (Å²) in [7, 11) is 1.65. The van der Waals surface area contributed by atoms with Gasteiger partial charge in [-0.05, 0) is 38.3 Å². The van der Waals surface area contributed by atoms with Crippen LogP contribution in [0.1, 0.15) is 24.5 Å². The molecule has 1 fully saturated rings. The van der Waals surface area contributed by atoms with Gasteiger partial charge >= 0.3 is 6.18 Å². The lowest BCUT2D eigenvalue weighted by atomic mass is 10.1. The zero-order valence-electron chi connectivity index (χ0n) is 16.6. The van der Waals surface area contributed by atoms with Crippen LogP contribution in [0.2, 0.25) is 0 Å². The molecule has 1 atom stereocenters. The molecular weight excluding hydrogens is 484 g/mol. The van der Waals surface area contributed by atoms with Crippen molar-refractivity contribution in [3.63, 3.8) is 0 Å². The zero-order chi connectivity index (χ0) is 19.9. The number of rotatable bonds is 7. The number of guanidine groups is 1. The van der Waals surface area contributed by atoms with Gasteiger partial charge < -0.3 is 15.4 Å². The van der Waals surface area contributed by atoms with E-state index in [0.29, 0.717) is 38.6 Å². The molecule has 2 N–H and O–H groups in total. The Morgan fingerprint density at radius 2 is 2.11 bits per heavy atom. The van der Waals surface area contributed by atoms with E-state index in [4.69, 9.17) is 4.74 Å². The Morgan fingerprint density at radius 1 is 1.36 bits per heavy atom. The highest BCUT2D eigenvalue weighted by Crippen LogP contribution is 2.21. The number of methoxy groups -OCH3 is 1. The smallest absolute Gasteiger partial charge is 0.401 e. The van der Waals surface area contributed by atoms with Crippen molar-refractivity contribution < 1.29 is 17.9 Å². The molecule has 0 radical (unpaired) electrons. The van der Waals surface area contributed by atoms with Crippen LogP contribution in [0, 0.1) is 6.92 Å². The van der Waals surface area contributed by atoms with Gasteiger partial charge in [-0.25, -0.2) is 0 Å². The molecule has 0 spiro atoms. The van der Waals surface area contributed by atoms with Crippen molar-refractivity contribution in [1.82, 2.24) is 15.5 Å². The molecule has 1 saturated heterocycles. The quantitative estimate of drug-likeness (QED) is 0.333. The van der Waals surface area contributed by atoms with Gasteiger partial charge in [0.25, 0.3) is 0 Å². The minimum atomic E-state index is -4.15. The summed E-state index contributed by atoms with van der Waals surface area (Å²) in [5, 5.41) is 6.42. The van der Waals surface area contributed by atoms with E-state index in [1.165, 1.54) is 4.90 Å². The van der Waals surface area contributed by atoms with Crippen molar-refractivity contribution >= 4 is 29.9 Å². The van der Waals surface area contributed by atoms with Gasteiger partial charge in [0.1, 0.15) is 5.75 Å².